The minimum atomic E-state index is -0.973. The van der Waals surface area contributed by atoms with Gasteiger partial charge in [0.1, 0.15) is 5.82 Å². The van der Waals surface area contributed by atoms with Crippen molar-refractivity contribution in [3.8, 4) is 0 Å². The molecule has 1 aliphatic heterocycles. The van der Waals surface area contributed by atoms with Gasteiger partial charge in [-0.25, -0.2) is 4.39 Å². The number of non-ortho nitro benzene ring substituents is 1. The van der Waals surface area contributed by atoms with Crippen LogP contribution in [0, 0.1) is 15.9 Å². The Kier molecular flexibility index (Phi) is 4.73. The molecule has 0 atom stereocenters. The minimum Gasteiger partial charge on any atom is -0.323 e. The number of nitrogens with one attached hydrogen (secondary N) is 2. The third-order valence-corrected chi connectivity index (χ3v) is 4.82. The Bertz CT molecular complexity index is 863. The van der Waals surface area contributed by atoms with Crippen molar-refractivity contribution in [2.45, 2.75) is 32.2 Å². The summed E-state index contributed by atoms with van der Waals surface area (Å²) in [6, 6.07) is 9.21. The molecule has 26 heavy (non-hydrogen) atoms. The van der Waals surface area contributed by atoms with E-state index in [4.69, 9.17) is 0 Å². The van der Waals surface area contributed by atoms with E-state index in [1.165, 1.54) is 12.1 Å². The summed E-state index contributed by atoms with van der Waals surface area (Å²) in [6.07, 6.45) is 0.580. The number of benzene rings is 2. The molecule has 7 heteroatoms. The quantitative estimate of drug-likeness (QED) is 0.650. The fourth-order valence-corrected chi connectivity index (χ4v) is 3.04. The normalized spacial score (nSPS) is 13.8. The fraction of sp³-hybridized carbons (Fsp3) is 0.316. The SMILES string of the molecule is CC(C)(C(=O)Nc1ccc2c(c1F)CCNC2)c1ccc([N+](=O)[O-])cc1. The lowest BCUT2D eigenvalue weighted by molar-refractivity contribution is -0.384. The zero-order valence-corrected chi connectivity index (χ0v) is 14.6. The van der Waals surface area contributed by atoms with Gasteiger partial charge in [0.15, 0.2) is 0 Å². The van der Waals surface area contributed by atoms with Gasteiger partial charge < -0.3 is 10.6 Å². The predicted molar refractivity (Wildman–Crippen MR) is 96.6 cm³/mol. The van der Waals surface area contributed by atoms with Crippen molar-refractivity contribution < 1.29 is 14.1 Å². The molecule has 0 radical (unpaired) electrons. The molecule has 0 bridgehead atoms. The van der Waals surface area contributed by atoms with Crippen molar-refractivity contribution in [2.24, 2.45) is 0 Å². The maximum Gasteiger partial charge on any atom is 0.269 e. The number of anilines is 1. The summed E-state index contributed by atoms with van der Waals surface area (Å²) >= 11 is 0. The zero-order valence-electron chi connectivity index (χ0n) is 14.6. The Hall–Kier alpha value is -2.80. The van der Waals surface area contributed by atoms with Crippen LogP contribution in [-0.4, -0.2) is 17.4 Å². The molecule has 0 fully saturated rings. The highest BCUT2D eigenvalue weighted by Gasteiger charge is 2.31. The molecule has 0 unspecified atom stereocenters. The van der Waals surface area contributed by atoms with Crippen molar-refractivity contribution in [3.63, 3.8) is 0 Å². The van der Waals surface area contributed by atoms with Gasteiger partial charge in [0.05, 0.1) is 16.0 Å². The van der Waals surface area contributed by atoms with Gasteiger partial charge in [0.2, 0.25) is 5.91 Å². The second kappa shape index (κ2) is 6.84. The average Bonchev–Trinajstić information content (AvgIpc) is 2.64. The number of fused-ring (bicyclic) bond motifs is 1. The van der Waals surface area contributed by atoms with E-state index >= 15 is 0 Å². The first-order chi connectivity index (χ1) is 12.3. The number of nitro benzene ring substituents is 1. The van der Waals surface area contributed by atoms with Crippen molar-refractivity contribution in [1.29, 1.82) is 0 Å². The molecule has 2 aromatic carbocycles. The van der Waals surface area contributed by atoms with E-state index in [9.17, 15) is 19.3 Å². The zero-order chi connectivity index (χ0) is 18.9. The van der Waals surface area contributed by atoms with E-state index in [1.54, 1.807) is 32.0 Å². The van der Waals surface area contributed by atoms with Crippen LogP contribution in [0.15, 0.2) is 36.4 Å². The van der Waals surface area contributed by atoms with Crippen LogP contribution in [0.2, 0.25) is 0 Å². The van der Waals surface area contributed by atoms with Gasteiger partial charge in [-0.15, -0.1) is 0 Å². The molecule has 3 rings (SSSR count). The number of hydrogen-bond donors (Lipinski definition) is 2. The summed E-state index contributed by atoms with van der Waals surface area (Å²) in [4.78, 5) is 23.0. The van der Waals surface area contributed by atoms with Crippen LogP contribution >= 0.6 is 0 Å². The second-order valence-electron chi connectivity index (χ2n) is 6.87. The first-order valence-electron chi connectivity index (χ1n) is 8.38. The first kappa shape index (κ1) is 18.0. The number of carbonyl (C=O) groups excluding carboxylic acids is 1. The van der Waals surface area contributed by atoms with Gasteiger partial charge in [0, 0.05) is 18.7 Å². The van der Waals surface area contributed by atoms with Crippen LogP contribution in [0.3, 0.4) is 0 Å². The van der Waals surface area contributed by atoms with Gasteiger partial charge in [-0.3, -0.25) is 14.9 Å². The summed E-state index contributed by atoms with van der Waals surface area (Å²) in [5.74, 6) is -0.768. The van der Waals surface area contributed by atoms with Crippen LogP contribution in [0.5, 0.6) is 0 Å². The molecule has 0 aliphatic carbocycles. The van der Waals surface area contributed by atoms with E-state index in [-0.39, 0.29) is 17.3 Å². The van der Waals surface area contributed by atoms with Gasteiger partial charge in [0.25, 0.3) is 5.69 Å². The monoisotopic (exact) mass is 357 g/mol. The second-order valence-corrected chi connectivity index (χ2v) is 6.87. The highest BCUT2D eigenvalue weighted by Crippen LogP contribution is 2.29. The molecule has 1 aliphatic rings. The number of halogens is 1. The summed E-state index contributed by atoms with van der Waals surface area (Å²) in [5.41, 5.74) is 1.29. The number of nitro groups is 1. The third kappa shape index (κ3) is 3.30. The first-order valence-corrected chi connectivity index (χ1v) is 8.38. The molecule has 0 saturated heterocycles. The van der Waals surface area contributed by atoms with Crippen molar-refractivity contribution in [2.75, 3.05) is 11.9 Å². The molecule has 136 valence electrons. The highest BCUT2D eigenvalue weighted by atomic mass is 19.1. The third-order valence-electron chi connectivity index (χ3n) is 4.82. The average molecular weight is 357 g/mol. The standard InChI is InChI=1S/C19H20FN3O3/c1-19(2,13-4-6-14(7-5-13)23(25)26)18(24)22-16-8-3-12-11-21-10-9-15(12)17(16)20/h3-8,21H,9-11H2,1-2H3,(H,22,24). The van der Waals surface area contributed by atoms with E-state index in [0.717, 1.165) is 5.56 Å². The largest absolute Gasteiger partial charge is 0.323 e. The Morgan fingerprint density at radius 1 is 1.23 bits per heavy atom. The van der Waals surface area contributed by atoms with Crippen LogP contribution in [0.4, 0.5) is 15.8 Å². The summed E-state index contributed by atoms with van der Waals surface area (Å²) in [6.45, 7) is 4.72. The van der Waals surface area contributed by atoms with Gasteiger partial charge in [-0.1, -0.05) is 18.2 Å². The number of rotatable bonds is 4. The minimum absolute atomic E-state index is 0.0423. The Morgan fingerprint density at radius 3 is 2.58 bits per heavy atom. The Morgan fingerprint density at radius 2 is 1.92 bits per heavy atom. The molecule has 1 heterocycles. The number of nitrogens with zero attached hydrogens (tertiary/aromatic N) is 1. The van der Waals surface area contributed by atoms with Crippen LogP contribution in [0.1, 0.15) is 30.5 Å². The molecule has 2 aromatic rings. The molecule has 1 amide bonds. The van der Waals surface area contributed by atoms with Crippen LogP contribution < -0.4 is 10.6 Å². The Balaban J connectivity index is 1.83. The van der Waals surface area contributed by atoms with E-state index in [0.29, 0.717) is 30.6 Å². The number of hydrogen-bond acceptors (Lipinski definition) is 4. The lowest BCUT2D eigenvalue weighted by atomic mass is 9.83. The maximum atomic E-state index is 14.7. The lowest BCUT2D eigenvalue weighted by Gasteiger charge is -2.25. The van der Waals surface area contributed by atoms with E-state index in [1.807, 2.05) is 6.07 Å². The van der Waals surface area contributed by atoms with Gasteiger partial charge >= 0.3 is 0 Å². The lowest BCUT2D eigenvalue weighted by Crippen LogP contribution is -2.35. The summed E-state index contributed by atoms with van der Waals surface area (Å²) in [7, 11) is 0. The molecular weight excluding hydrogens is 337 g/mol. The van der Waals surface area contributed by atoms with Gasteiger partial charge in [-0.2, -0.15) is 0 Å². The highest BCUT2D eigenvalue weighted by molar-refractivity contribution is 5.98. The molecular formula is C19H20FN3O3. The molecule has 6 nitrogen and oxygen atoms in total. The van der Waals surface area contributed by atoms with Crippen LogP contribution in [0.25, 0.3) is 0 Å². The van der Waals surface area contributed by atoms with E-state index in [2.05, 4.69) is 10.6 Å². The molecule has 0 aromatic heterocycles. The fourth-order valence-electron chi connectivity index (χ4n) is 3.04. The predicted octanol–water partition coefficient (Wildman–Crippen LogP) is 3.30. The molecule has 0 saturated carbocycles. The topological polar surface area (TPSA) is 84.3 Å². The smallest absolute Gasteiger partial charge is 0.269 e. The molecule has 0 spiro atoms. The summed E-state index contributed by atoms with van der Waals surface area (Å²) in [5, 5.41) is 16.6. The summed E-state index contributed by atoms with van der Waals surface area (Å²) < 4.78 is 14.7. The number of amides is 1. The van der Waals surface area contributed by atoms with E-state index < -0.39 is 16.2 Å². The maximum absolute atomic E-state index is 14.7. The van der Waals surface area contributed by atoms with Gasteiger partial charge in [-0.05, 0) is 49.6 Å². The van der Waals surface area contributed by atoms with Crippen LogP contribution in [-0.2, 0) is 23.2 Å². The van der Waals surface area contributed by atoms with Crippen molar-refractivity contribution in [1.82, 2.24) is 5.32 Å². The Labute approximate surface area is 150 Å². The van der Waals surface area contributed by atoms with Crippen molar-refractivity contribution >= 4 is 17.3 Å². The van der Waals surface area contributed by atoms with Crippen molar-refractivity contribution in [3.05, 3.63) is 69.0 Å². The number of carbonyl (C=O) groups is 1. The molecule has 2 N–H and O–H groups in total.